The molecule has 0 radical (unpaired) electrons. The van der Waals surface area contributed by atoms with Crippen molar-refractivity contribution in [1.29, 1.82) is 0 Å². The van der Waals surface area contributed by atoms with E-state index in [1.54, 1.807) is 7.11 Å². The smallest absolute Gasteiger partial charge is 0.412 e. The van der Waals surface area contributed by atoms with E-state index in [4.69, 9.17) is 9.47 Å². The summed E-state index contributed by atoms with van der Waals surface area (Å²) >= 11 is 0. The van der Waals surface area contributed by atoms with Crippen LogP contribution < -0.4 is 15.4 Å². The van der Waals surface area contributed by atoms with Crippen LogP contribution in [-0.4, -0.2) is 25.3 Å². The summed E-state index contributed by atoms with van der Waals surface area (Å²) in [5, 5.41) is 6.32. The molecule has 1 aromatic rings. The van der Waals surface area contributed by atoms with E-state index >= 15 is 0 Å². The van der Waals surface area contributed by atoms with Gasteiger partial charge in [-0.2, -0.15) is 0 Å². The van der Waals surface area contributed by atoms with E-state index in [1.165, 1.54) is 25.7 Å². The molecule has 0 unspecified atom stereocenters. The predicted molar refractivity (Wildman–Crippen MR) is 102 cm³/mol. The standard InChI is InChI=1S/C20H32N2O3/c1-14-6-8-15(9-7-14)13-21-18-12-16(24-5)10-11-17(18)22-19(23)25-20(2,3)4/h10-12,14-15,21H,6-9,13H2,1-5H3,(H,22,23). The molecule has 1 saturated carbocycles. The minimum Gasteiger partial charge on any atom is -0.497 e. The molecule has 2 N–H and O–H groups in total. The number of rotatable bonds is 5. The van der Waals surface area contributed by atoms with E-state index in [0.717, 1.165) is 23.9 Å². The molecule has 0 spiro atoms. The van der Waals surface area contributed by atoms with Gasteiger partial charge in [0.05, 0.1) is 18.5 Å². The molecule has 2 rings (SSSR count). The van der Waals surface area contributed by atoms with Crippen LogP contribution in [0.2, 0.25) is 0 Å². The molecule has 1 fully saturated rings. The highest BCUT2D eigenvalue weighted by molar-refractivity contribution is 5.90. The molecule has 1 amide bonds. The maximum absolute atomic E-state index is 12.1. The maximum atomic E-state index is 12.1. The highest BCUT2D eigenvalue weighted by Gasteiger charge is 2.20. The lowest BCUT2D eigenvalue weighted by Gasteiger charge is -2.27. The van der Waals surface area contributed by atoms with Crippen molar-refractivity contribution in [1.82, 2.24) is 0 Å². The summed E-state index contributed by atoms with van der Waals surface area (Å²) in [7, 11) is 1.64. The van der Waals surface area contributed by atoms with Crippen LogP contribution in [0, 0.1) is 11.8 Å². The molecule has 0 aromatic heterocycles. The lowest BCUT2D eigenvalue weighted by atomic mass is 9.83. The van der Waals surface area contributed by atoms with Gasteiger partial charge >= 0.3 is 6.09 Å². The molecular weight excluding hydrogens is 316 g/mol. The quantitative estimate of drug-likeness (QED) is 0.760. The average molecular weight is 348 g/mol. The third kappa shape index (κ3) is 6.48. The van der Waals surface area contributed by atoms with E-state index in [1.807, 2.05) is 39.0 Å². The van der Waals surface area contributed by atoms with Crippen molar-refractivity contribution in [2.24, 2.45) is 11.8 Å². The van der Waals surface area contributed by atoms with Gasteiger partial charge in [0, 0.05) is 12.6 Å². The van der Waals surface area contributed by atoms with Gasteiger partial charge in [-0.3, -0.25) is 5.32 Å². The molecule has 0 aliphatic heterocycles. The maximum Gasteiger partial charge on any atom is 0.412 e. The number of hydrogen-bond acceptors (Lipinski definition) is 4. The molecule has 25 heavy (non-hydrogen) atoms. The van der Waals surface area contributed by atoms with E-state index in [-0.39, 0.29) is 0 Å². The van der Waals surface area contributed by atoms with Gasteiger partial charge in [0.25, 0.3) is 0 Å². The van der Waals surface area contributed by atoms with Crippen molar-refractivity contribution < 1.29 is 14.3 Å². The molecular formula is C20H32N2O3. The van der Waals surface area contributed by atoms with E-state index < -0.39 is 11.7 Å². The summed E-state index contributed by atoms with van der Waals surface area (Å²) < 4.78 is 10.7. The lowest BCUT2D eigenvalue weighted by molar-refractivity contribution is 0.0636. The van der Waals surface area contributed by atoms with E-state index in [0.29, 0.717) is 11.6 Å². The minimum atomic E-state index is -0.525. The fourth-order valence-corrected chi connectivity index (χ4v) is 3.11. The number of nitrogens with one attached hydrogen (secondary N) is 2. The first-order chi connectivity index (χ1) is 11.8. The van der Waals surface area contributed by atoms with Crippen LogP contribution in [0.1, 0.15) is 53.4 Å². The van der Waals surface area contributed by atoms with Crippen molar-refractivity contribution >= 4 is 17.5 Å². The van der Waals surface area contributed by atoms with Crippen LogP contribution in [-0.2, 0) is 4.74 Å². The first-order valence-corrected chi connectivity index (χ1v) is 9.18. The number of benzene rings is 1. The Bertz CT molecular complexity index is 573. The molecule has 1 aliphatic carbocycles. The SMILES string of the molecule is COc1ccc(NC(=O)OC(C)(C)C)c(NCC2CCC(C)CC2)c1. The van der Waals surface area contributed by atoms with E-state index in [9.17, 15) is 4.79 Å². The molecule has 140 valence electrons. The minimum absolute atomic E-state index is 0.452. The van der Waals surface area contributed by atoms with Crippen LogP contribution in [0.25, 0.3) is 0 Å². The van der Waals surface area contributed by atoms with Gasteiger partial charge in [0.15, 0.2) is 0 Å². The summed E-state index contributed by atoms with van der Waals surface area (Å²) in [6, 6.07) is 5.59. The zero-order chi connectivity index (χ0) is 18.4. The summed E-state index contributed by atoms with van der Waals surface area (Å²) in [6.07, 6.45) is 4.66. The van der Waals surface area contributed by atoms with Gasteiger partial charge < -0.3 is 14.8 Å². The van der Waals surface area contributed by atoms with Crippen LogP contribution in [0.5, 0.6) is 5.75 Å². The zero-order valence-electron chi connectivity index (χ0n) is 16.1. The topological polar surface area (TPSA) is 59.6 Å². The average Bonchev–Trinajstić information content (AvgIpc) is 2.53. The van der Waals surface area contributed by atoms with Gasteiger partial charge in [0.1, 0.15) is 11.4 Å². The van der Waals surface area contributed by atoms with Crippen molar-refractivity contribution in [2.75, 3.05) is 24.3 Å². The summed E-state index contributed by atoms with van der Waals surface area (Å²) in [5.74, 6) is 2.28. The van der Waals surface area contributed by atoms with Gasteiger partial charge in [-0.25, -0.2) is 4.79 Å². The predicted octanol–water partition coefficient (Wildman–Crippen LogP) is 5.28. The molecule has 0 bridgehead atoms. The number of hydrogen-bond donors (Lipinski definition) is 2. The largest absolute Gasteiger partial charge is 0.497 e. The molecule has 5 nitrogen and oxygen atoms in total. The van der Waals surface area contributed by atoms with E-state index in [2.05, 4.69) is 17.6 Å². The Morgan fingerprint density at radius 3 is 2.44 bits per heavy atom. The summed E-state index contributed by atoms with van der Waals surface area (Å²) in [6.45, 7) is 8.79. The lowest BCUT2D eigenvalue weighted by Crippen LogP contribution is -2.27. The Morgan fingerprint density at radius 2 is 1.84 bits per heavy atom. The Kier molecular flexibility index (Phi) is 6.57. The van der Waals surface area contributed by atoms with Crippen molar-refractivity contribution in [2.45, 2.75) is 59.0 Å². The zero-order valence-corrected chi connectivity index (χ0v) is 16.1. The highest BCUT2D eigenvalue weighted by atomic mass is 16.6. The molecule has 0 heterocycles. The van der Waals surface area contributed by atoms with Crippen LogP contribution in [0.3, 0.4) is 0 Å². The number of methoxy groups -OCH3 is 1. The normalized spacial score (nSPS) is 20.7. The van der Waals surface area contributed by atoms with Gasteiger partial charge in [-0.15, -0.1) is 0 Å². The van der Waals surface area contributed by atoms with Gasteiger partial charge in [0.2, 0.25) is 0 Å². The molecule has 1 aromatic carbocycles. The third-order valence-corrected chi connectivity index (χ3v) is 4.58. The Morgan fingerprint density at radius 1 is 1.16 bits per heavy atom. The Labute approximate surface area is 151 Å². The number of ether oxygens (including phenoxy) is 2. The summed E-state index contributed by atoms with van der Waals surface area (Å²) in [5.41, 5.74) is 1.05. The second-order valence-corrected chi connectivity index (χ2v) is 8.05. The Hall–Kier alpha value is -1.91. The van der Waals surface area contributed by atoms with Gasteiger partial charge in [-0.1, -0.05) is 19.8 Å². The number of carbonyl (C=O) groups is 1. The highest BCUT2D eigenvalue weighted by Crippen LogP contribution is 2.31. The first kappa shape index (κ1) is 19.4. The molecule has 5 heteroatoms. The molecule has 0 atom stereocenters. The molecule has 0 saturated heterocycles. The van der Waals surface area contributed by atoms with Crippen LogP contribution in [0.4, 0.5) is 16.2 Å². The first-order valence-electron chi connectivity index (χ1n) is 9.18. The van der Waals surface area contributed by atoms with Crippen LogP contribution in [0.15, 0.2) is 18.2 Å². The number of carbonyl (C=O) groups excluding carboxylic acids is 1. The van der Waals surface area contributed by atoms with Crippen molar-refractivity contribution in [3.8, 4) is 5.75 Å². The summed E-state index contributed by atoms with van der Waals surface area (Å²) in [4.78, 5) is 12.1. The third-order valence-electron chi connectivity index (χ3n) is 4.58. The fraction of sp³-hybridized carbons (Fsp3) is 0.650. The monoisotopic (exact) mass is 348 g/mol. The van der Waals surface area contributed by atoms with Crippen molar-refractivity contribution in [3.05, 3.63) is 18.2 Å². The van der Waals surface area contributed by atoms with Gasteiger partial charge in [-0.05, 0) is 57.6 Å². The Balaban J connectivity index is 2.02. The fourth-order valence-electron chi connectivity index (χ4n) is 3.11. The molecule has 1 aliphatic rings. The second-order valence-electron chi connectivity index (χ2n) is 8.05. The number of amides is 1. The van der Waals surface area contributed by atoms with Crippen molar-refractivity contribution in [3.63, 3.8) is 0 Å². The number of anilines is 2. The van der Waals surface area contributed by atoms with Crippen LogP contribution >= 0.6 is 0 Å². The second kappa shape index (κ2) is 8.45.